The molecule has 0 radical (unpaired) electrons. The van der Waals surface area contributed by atoms with E-state index in [0.717, 1.165) is 24.1 Å². The highest BCUT2D eigenvalue weighted by atomic mass is 32.1. The van der Waals surface area contributed by atoms with Crippen LogP contribution in [0.15, 0.2) is 57.1 Å². The van der Waals surface area contributed by atoms with E-state index in [1.54, 1.807) is 24.3 Å². The first-order chi connectivity index (χ1) is 14.2. The van der Waals surface area contributed by atoms with Crippen molar-refractivity contribution in [3.63, 3.8) is 0 Å². The molecule has 0 atom stereocenters. The van der Waals surface area contributed by atoms with Crippen LogP contribution in [0.3, 0.4) is 0 Å². The molecule has 29 heavy (non-hydrogen) atoms. The average Bonchev–Trinajstić information content (AvgIpc) is 3.32. The Balaban J connectivity index is 1.33. The maximum absolute atomic E-state index is 12.5. The molecule has 4 aromatic rings. The molecule has 0 saturated heterocycles. The maximum atomic E-state index is 12.5. The van der Waals surface area contributed by atoms with E-state index in [1.807, 2.05) is 5.38 Å². The number of nitrogens with one attached hydrogen (secondary N) is 1. The minimum Gasteiger partial charge on any atom is -0.408 e. The summed E-state index contributed by atoms with van der Waals surface area (Å²) in [6.45, 7) is -0.121. The van der Waals surface area contributed by atoms with Crippen LogP contribution >= 0.6 is 11.3 Å². The lowest BCUT2D eigenvalue weighted by atomic mass is 9.90. The minimum absolute atomic E-state index is 0.121. The van der Waals surface area contributed by atoms with Crippen molar-refractivity contribution >= 4 is 33.5 Å². The molecule has 6 nitrogen and oxygen atoms in total. The number of nitrogens with zero attached hydrogens (tertiary/aromatic N) is 2. The summed E-state index contributed by atoms with van der Waals surface area (Å²) in [5.74, 6) is -0.861. The molecule has 1 amide bonds. The fourth-order valence-electron chi connectivity index (χ4n) is 3.82. The van der Waals surface area contributed by atoms with Gasteiger partial charge in [0.25, 0.3) is 0 Å². The van der Waals surface area contributed by atoms with E-state index in [1.165, 1.54) is 39.9 Å². The van der Waals surface area contributed by atoms with Crippen LogP contribution in [0.4, 0.5) is 5.13 Å². The Hall–Kier alpha value is -3.19. The largest absolute Gasteiger partial charge is 0.420 e. The Kier molecular flexibility index (Phi) is 4.52. The number of hydrogen-bond donors (Lipinski definition) is 1. The number of aromatic nitrogens is 2. The molecule has 0 unspecified atom stereocenters. The maximum Gasteiger partial charge on any atom is 0.420 e. The normalized spacial score (nSPS) is 13.4. The third kappa shape index (κ3) is 3.49. The molecule has 146 valence electrons. The van der Waals surface area contributed by atoms with Crippen LogP contribution < -0.4 is 11.1 Å². The summed E-state index contributed by atoms with van der Waals surface area (Å²) in [5, 5.41) is 5.25. The highest BCUT2D eigenvalue weighted by Crippen LogP contribution is 2.29. The molecule has 0 spiro atoms. The third-order valence-electron chi connectivity index (χ3n) is 5.27. The lowest BCUT2D eigenvalue weighted by molar-refractivity contribution is -0.116. The molecule has 7 heteroatoms. The number of carbonyl (C=O) groups is 1. The van der Waals surface area contributed by atoms with Crippen LogP contribution in [0.2, 0.25) is 0 Å². The first-order valence-electron chi connectivity index (χ1n) is 9.63. The summed E-state index contributed by atoms with van der Waals surface area (Å²) in [4.78, 5) is 29.1. The first kappa shape index (κ1) is 17.9. The van der Waals surface area contributed by atoms with Gasteiger partial charge in [0.15, 0.2) is 10.7 Å². The van der Waals surface area contributed by atoms with Crippen LogP contribution in [0.25, 0.3) is 22.4 Å². The molecule has 2 aromatic heterocycles. The van der Waals surface area contributed by atoms with Crippen LogP contribution in [0.5, 0.6) is 0 Å². The van der Waals surface area contributed by atoms with E-state index >= 15 is 0 Å². The number of fused-ring (bicyclic) bond motifs is 2. The highest BCUT2D eigenvalue weighted by molar-refractivity contribution is 7.14. The second-order valence-electron chi connectivity index (χ2n) is 7.20. The fourth-order valence-corrected chi connectivity index (χ4v) is 4.56. The van der Waals surface area contributed by atoms with Gasteiger partial charge >= 0.3 is 5.76 Å². The highest BCUT2D eigenvalue weighted by Gasteiger charge is 2.15. The average molecular weight is 405 g/mol. The van der Waals surface area contributed by atoms with Gasteiger partial charge in [-0.2, -0.15) is 0 Å². The van der Waals surface area contributed by atoms with Crippen molar-refractivity contribution < 1.29 is 9.21 Å². The van der Waals surface area contributed by atoms with E-state index in [9.17, 15) is 9.59 Å². The van der Waals surface area contributed by atoms with E-state index < -0.39 is 5.76 Å². The van der Waals surface area contributed by atoms with E-state index in [4.69, 9.17) is 4.42 Å². The van der Waals surface area contributed by atoms with Crippen molar-refractivity contribution in [1.82, 2.24) is 9.55 Å². The molecule has 0 aliphatic heterocycles. The van der Waals surface area contributed by atoms with Gasteiger partial charge in [-0.3, -0.25) is 9.36 Å². The number of thiazole rings is 1. The second kappa shape index (κ2) is 7.33. The molecular formula is C22H19N3O3S. The number of hydrogen-bond acceptors (Lipinski definition) is 5. The Labute approximate surface area is 170 Å². The number of para-hydroxylation sites is 2. The number of aryl methyl sites for hydroxylation is 2. The Bertz CT molecular complexity index is 1270. The van der Waals surface area contributed by atoms with Crippen molar-refractivity contribution in [1.29, 1.82) is 0 Å². The zero-order valence-corrected chi connectivity index (χ0v) is 16.5. The van der Waals surface area contributed by atoms with E-state index in [-0.39, 0.29) is 12.5 Å². The molecule has 0 fully saturated rings. The van der Waals surface area contributed by atoms with E-state index in [2.05, 4.69) is 28.5 Å². The SMILES string of the molecule is O=C(Cn1c(=O)oc2ccccc21)Nc1nc(-c2ccc3c(c2)CCCC3)cs1. The number of rotatable bonds is 4. The molecule has 5 rings (SSSR count). The number of oxazole rings is 1. The summed E-state index contributed by atoms with van der Waals surface area (Å²) in [6.07, 6.45) is 4.76. The van der Waals surface area contributed by atoms with Crippen LogP contribution in [0, 0.1) is 0 Å². The fraction of sp³-hybridized carbons (Fsp3) is 0.227. The van der Waals surface area contributed by atoms with Crippen molar-refractivity contribution in [3.05, 3.63) is 69.5 Å². The van der Waals surface area contributed by atoms with Crippen molar-refractivity contribution in [2.24, 2.45) is 0 Å². The van der Waals surface area contributed by atoms with Crippen molar-refractivity contribution in [2.75, 3.05) is 5.32 Å². The van der Waals surface area contributed by atoms with Gasteiger partial charge in [0.1, 0.15) is 6.54 Å². The molecule has 1 aliphatic rings. The smallest absolute Gasteiger partial charge is 0.408 e. The Morgan fingerprint density at radius 1 is 1.14 bits per heavy atom. The predicted molar refractivity (Wildman–Crippen MR) is 113 cm³/mol. The molecule has 0 bridgehead atoms. The Morgan fingerprint density at radius 3 is 2.86 bits per heavy atom. The topological polar surface area (TPSA) is 77.1 Å². The van der Waals surface area contributed by atoms with Gasteiger partial charge in [-0.25, -0.2) is 9.78 Å². The van der Waals surface area contributed by atoms with Gasteiger partial charge in [-0.05, 0) is 55.0 Å². The zero-order chi connectivity index (χ0) is 19.8. The number of amides is 1. The van der Waals surface area contributed by atoms with Crippen LogP contribution in [-0.2, 0) is 24.2 Å². The summed E-state index contributed by atoms with van der Waals surface area (Å²) in [6, 6.07) is 13.6. The quantitative estimate of drug-likeness (QED) is 0.551. The zero-order valence-electron chi connectivity index (χ0n) is 15.7. The predicted octanol–water partition coefficient (Wildman–Crippen LogP) is 4.24. The monoisotopic (exact) mass is 405 g/mol. The van der Waals surface area contributed by atoms with Gasteiger partial charge in [-0.15, -0.1) is 11.3 Å². The Morgan fingerprint density at radius 2 is 1.97 bits per heavy atom. The number of benzene rings is 2. The lowest BCUT2D eigenvalue weighted by Gasteiger charge is -2.16. The summed E-state index contributed by atoms with van der Waals surface area (Å²) in [7, 11) is 0. The van der Waals surface area contributed by atoms with E-state index in [0.29, 0.717) is 16.2 Å². The summed E-state index contributed by atoms with van der Waals surface area (Å²) < 4.78 is 6.49. The lowest BCUT2D eigenvalue weighted by Crippen LogP contribution is -2.24. The van der Waals surface area contributed by atoms with Gasteiger partial charge in [0.2, 0.25) is 5.91 Å². The van der Waals surface area contributed by atoms with Crippen molar-refractivity contribution in [3.8, 4) is 11.3 Å². The molecule has 2 heterocycles. The molecule has 1 aliphatic carbocycles. The number of anilines is 1. The molecule has 1 N–H and O–H groups in total. The molecule has 0 saturated carbocycles. The van der Waals surface area contributed by atoms with Gasteiger partial charge in [0, 0.05) is 10.9 Å². The standard InChI is InChI=1S/C22H19N3O3S/c26-20(12-25-18-7-3-4-8-19(18)28-22(25)27)24-21-23-17(13-29-21)16-10-9-14-5-1-2-6-15(14)11-16/h3-4,7-11,13H,1-2,5-6,12H2,(H,23,24,26). The molecular weight excluding hydrogens is 386 g/mol. The van der Waals surface area contributed by atoms with Crippen molar-refractivity contribution in [2.45, 2.75) is 32.2 Å². The van der Waals surface area contributed by atoms with Gasteiger partial charge in [0.05, 0.1) is 11.2 Å². The molecule has 2 aromatic carbocycles. The second-order valence-corrected chi connectivity index (χ2v) is 8.06. The van der Waals surface area contributed by atoms with Crippen LogP contribution in [-0.4, -0.2) is 15.5 Å². The minimum atomic E-state index is -0.546. The van der Waals surface area contributed by atoms with Gasteiger partial charge < -0.3 is 9.73 Å². The third-order valence-corrected chi connectivity index (χ3v) is 6.03. The first-order valence-corrected chi connectivity index (χ1v) is 10.5. The summed E-state index contributed by atoms with van der Waals surface area (Å²) >= 11 is 1.38. The number of carbonyl (C=O) groups excluding carboxylic acids is 1. The van der Waals surface area contributed by atoms with Gasteiger partial charge in [-0.1, -0.05) is 24.3 Å². The van der Waals surface area contributed by atoms with Crippen LogP contribution in [0.1, 0.15) is 24.0 Å². The summed E-state index contributed by atoms with van der Waals surface area (Å²) in [5.41, 5.74) is 5.82.